The van der Waals surface area contributed by atoms with Gasteiger partial charge in [0.15, 0.2) is 0 Å². The molecule has 1 heterocycles. The van der Waals surface area contributed by atoms with E-state index in [9.17, 15) is 0 Å². The molecule has 1 aromatic rings. The van der Waals surface area contributed by atoms with E-state index in [0.29, 0.717) is 6.04 Å². The fraction of sp³-hybridized carbons (Fsp3) is 0.769. The zero-order chi connectivity index (χ0) is 13.1. The van der Waals surface area contributed by atoms with E-state index in [1.54, 1.807) is 0 Å². The number of nitrogens with zero attached hydrogens (tertiary/aromatic N) is 2. The maximum Gasteiger partial charge on any atom is 0.0939 e. The number of aryl methyl sites for hydroxylation is 2. The number of rotatable bonds is 5. The third kappa shape index (κ3) is 4.36. The van der Waals surface area contributed by atoms with Crippen LogP contribution < -0.4 is 5.32 Å². The van der Waals surface area contributed by atoms with Gasteiger partial charge in [-0.25, -0.2) is 0 Å². The Bertz CT molecular complexity index is 352. The lowest BCUT2D eigenvalue weighted by Crippen LogP contribution is -2.42. The molecule has 0 saturated carbocycles. The molecule has 0 radical (unpaired) electrons. The molecule has 0 amide bonds. The van der Waals surface area contributed by atoms with E-state index < -0.39 is 0 Å². The summed E-state index contributed by atoms with van der Waals surface area (Å²) in [6.07, 6.45) is 0. The van der Waals surface area contributed by atoms with Crippen LogP contribution in [0.25, 0.3) is 0 Å². The summed E-state index contributed by atoms with van der Waals surface area (Å²) in [4.78, 5) is 0. The Kier molecular flexibility index (Phi) is 5.07. The van der Waals surface area contributed by atoms with E-state index in [1.165, 1.54) is 5.03 Å². The van der Waals surface area contributed by atoms with Gasteiger partial charge in [0.25, 0.3) is 0 Å². The van der Waals surface area contributed by atoms with Crippen LogP contribution in [0, 0.1) is 12.3 Å². The molecule has 1 N–H and O–H groups in total. The second-order valence-electron chi connectivity index (χ2n) is 5.53. The zero-order valence-electron chi connectivity index (χ0n) is 11.9. The van der Waals surface area contributed by atoms with E-state index in [0.717, 1.165) is 18.0 Å². The first kappa shape index (κ1) is 14.6. The highest BCUT2D eigenvalue weighted by Gasteiger charge is 2.24. The SMILES string of the molecule is CCNC(CSc1cc(C)nn1C)C(C)(C)C. The molecule has 1 unspecified atom stereocenters. The van der Waals surface area contributed by atoms with Crippen LogP contribution in [0.5, 0.6) is 0 Å². The Labute approximate surface area is 109 Å². The van der Waals surface area contributed by atoms with Crippen LogP contribution in [0.1, 0.15) is 33.4 Å². The van der Waals surface area contributed by atoms with Gasteiger partial charge in [-0.3, -0.25) is 4.68 Å². The first-order valence-electron chi connectivity index (χ1n) is 6.21. The summed E-state index contributed by atoms with van der Waals surface area (Å²) in [5.41, 5.74) is 1.38. The minimum atomic E-state index is 0.288. The molecule has 1 atom stereocenters. The van der Waals surface area contributed by atoms with Crippen molar-refractivity contribution in [2.45, 2.75) is 45.7 Å². The zero-order valence-corrected chi connectivity index (χ0v) is 12.7. The van der Waals surface area contributed by atoms with Crippen LogP contribution >= 0.6 is 11.8 Å². The van der Waals surface area contributed by atoms with Gasteiger partial charge in [-0.05, 0) is 24.9 Å². The van der Waals surface area contributed by atoms with Crippen molar-refractivity contribution < 1.29 is 0 Å². The molecule has 0 aliphatic heterocycles. The summed E-state index contributed by atoms with van der Waals surface area (Å²) in [5, 5.41) is 9.19. The quantitative estimate of drug-likeness (QED) is 0.821. The van der Waals surface area contributed by atoms with Crippen LogP contribution in [0.3, 0.4) is 0 Å². The molecule has 17 heavy (non-hydrogen) atoms. The Hall–Kier alpha value is -0.480. The third-order valence-corrected chi connectivity index (χ3v) is 4.03. The molecule has 1 rings (SSSR count). The summed E-state index contributed by atoms with van der Waals surface area (Å²) in [6, 6.07) is 2.67. The Balaban J connectivity index is 2.61. The van der Waals surface area contributed by atoms with Crippen LogP contribution in [-0.4, -0.2) is 28.1 Å². The van der Waals surface area contributed by atoms with Crippen molar-refractivity contribution in [3.63, 3.8) is 0 Å². The molecule has 0 spiro atoms. The number of thioether (sulfide) groups is 1. The molecule has 0 aliphatic carbocycles. The van der Waals surface area contributed by atoms with Gasteiger partial charge in [-0.15, -0.1) is 11.8 Å². The molecule has 98 valence electrons. The van der Waals surface area contributed by atoms with Gasteiger partial charge < -0.3 is 5.32 Å². The van der Waals surface area contributed by atoms with Crippen LogP contribution in [0.4, 0.5) is 0 Å². The average Bonchev–Trinajstić information content (AvgIpc) is 2.50. The van der Waals surface area contributed by atoms with E-state index in [2.05, 4.69) is 44.2 Å². The summed E-state index contributed by atoms with van der Waals surface area (Å²) < 4.78 is 1.96. The van der Waals surface area contributed by atoms with E-state index >= 15 is 0 Å². The predicted molar refractivity (Wildman–Crippen MR) is 75.6 cm³/mol. The fourth-order valence-corrected chi connectivity index (χ4v) is 3.19. The van der Waals surface area contributed by atoms with Crippen molar-refractivity contribution in [1.82, 2.24) is 15.1 Å². The van der Waals surface area contributed by atoms with Gasteiger partial charge in [0, 0.05) is 18.8 Å². The summed E-state index contributed by atoms with van der Waals surface area (Å²) in [5.74, 6) is 1.08. The average molecular weight is 255 g/mol. The lowest BCUT2D eigenvalue weighted by molar-refractivity contribution is 0.295. The van der Waals surface area contributed by atoms with Crippen LogP contribution in [0.15, 0.2) is 11.1 Å². The highest BCUT2D eigenvalue weighted by Crippen LogP contribution is 2.26. The van der Waals surface area contributed by atoms with E-state index in [4.69, 9.17) is 0 Å². The molecular weight excluding hydrogens is 230 g/mol. The largest absolute Gasteiger partial charge is 0.313 e. The number of nitrogens with one attached hydrogen (secondary N) is 1. The molecule has 0 bridgehead atoms. The van der Waals surface area contributed by atoms with Gasteiger partial charge in [0.1, 0.15) is 0 Å². The Morgan fingerprint density at radius 3 is 2.53 bits per heavy atom. The summed E-state index contributed by atoms with van der Waals surface area (Å²) >= 11 is 1.88. The lowest BCUT2D eigenvalue weighted by Gasteiger charge is -2.31. The third-order valence-electron chi connectivity index (χ3n) is 2.85. The second-order valence-corrected chi connectivity index (χ2v) is 6.58. The first-order valence-corrected chi connectivity index (χ1v) is 7.20. The summed E-state index contributed by atoms with van der Waals surface area (Å²) in [7, 11) is 2.01. The monoisotopic (exact) mass is 255 g/mol. The smallest absolute Gasteiger partial charge is 0.0939 e. The molecule has 0 aromatic carbocycles. The molecule has 0 fully saturated rings. The Morgan fingerprint density at radius 2 is 2.12 bits per heavy atom. The normalized spacial score (nSPS) is 14.0. The van der Waals surface area contributed by atoms with E-state index in [-0.39, 0.29) is 5.41 Å². The van der Waals surface area contributed by atoms with Gasteiger partial charge in [-0.1, -0.05) is 27.7 Å². The van der Waals surface area contributed by atoms with Crippen LogP contribution in [-0.2, 0) is 7.05 Å². The van der Waals surface area contributed by atoms with E-state index in [1.807, 2.05) is 30.4 Å². The Morgan fingerprint density at radius 1 is 1.47 bits per heavy atom. The van der Waals surface area contributed by atoms with Crippen molar-refractivity contribution in [3.05, 3.63) is 11.8 Å². The highest BCUT2D eigenvalue weighted by atomic mass is 32.2. The number of hydrogen-bond acceptors (Lipinski definition) is 3. The summed E-state index contributed by atoms with van der Waals surface area (Å²) in [6.45, 7) is 12.1. The molecule has 4 heteroatoms. The molecule has 0 saturated heterocycles. The van der Waals surface area contributed by atoms with Crippen molar-refractivity contribution >= 4 is 11.8 Å². The van der Waals surface area contributed by atoms with Crippen molar-refractivity contribution in [1.29, 1.82) is 0 Å². The van der Waals surface area contributed by atoms with Gasteiger partial charge >= 0.3 is 0 Å². The van der Waals surface area contributed by atoms with Crippen molar-refractivity contribution in [2.75, 3.05) is 12.3 Å². The lowest BCUT2D eigenvalue weighted by atomic mass is 9.88. The van der Waals surface area contributed by atoms with Crippen molar-refractivity contribution in [2.24, 2.45) is 12.5 Å². The van der Waals surface area contributed by atoms with Gasteiger partial charge in [0.05, 0.1) is 10.7 Å². The minimum Gasteiger partial charge on any atom is -0.313 e. The highest BCUT2D eigenvalue weighted by molar-refractivity contribution is 7.99. The molecular formula is C13H25N3S. The van der Waals surface area contributed by atoms with Gasteiger partial charge in [0.2, 0.25) is 0 Å². The standard InChI is InChI=1S/C13H25N3S/c1-7-14-11(13(3,4)5)9-17-12-8-10(2)15-16(12)6/h8,11,14H,7,9H2,1-6H3. The minimum absolute atomic E-state index is 0.288. The predicted octanol–water partition coefficient (Wildman–Crippen LogP) is 2.84. The number of aromatic nitrogens is 2. The maximum atomic E-state index is 4.37. The van der Waals surface area contributed by atoms with Crippen LogP contribution in [0.2, 0.25) is 0 Å². The maximum absolute atomic E-state index is 4.37. The molecule has 1 aromatic heterocycles. The topological polar surface area (TPSA) is 29.9 Å². The molecule has 0 aliphatic rings. The first-order chi connectivity index (χ1) is 7.84. The molecule has 3 nitrogen and oxygen atoms in total. The fourth-order valence-electron chi connectivity index (χ4n) is 1.75. The second kappa shape index (κ2) is 5.91. The van der Waals surface area contributed by atoms with Crippen molar-refractivity contribution in [3.8, 4) is 0 Å². The van der Waals surface area contributed by atoms with Gasteiger partial charge in [-0.2, -0.15) is 5.10 Å². The number of hydrogen-bond donors (Lipinski definition) is 1.